The molecule has 0 aromatic heterocycles. The lowest BCUT2D eigenvalue weighted by atomic mass is 10.2. The molecule has 2 aromatic carbocycles. The summed E-state index contributed by atoms with van der Waals surface area (Å²) in [6.45, 7) is 0. The molecule has 0 atom stereocenters. The normalized spacial score (nSPS) is 10.4. The lowest BCUT2D eigenvalue weighted by molar-refractivity contribution is 0.601. The van der Waals surface area contributed by atoms with Crippen molar-refractivity contribution in [1.82, 2.24) is 0 Å². The summed E-state index contributed by atoms with van der Waals surface area (Å²) in [4.78, 5) is -0.0902. The van der Waals surface area contributed by atoms with Crippen molar-refractivity contribution in [1.29, 1.82) is 5.26 Å². The molecule has 0 heterocycles. The van der Waals surface area contributed by atoms with Gasteiger partial charge in [-0.15, -0.1) is 6.42 Å². The van der Waals surface area contributed by atoms with E-state index < -0.39 is 10.0 Å². The molecule has 21 heavy (non-hydrogen) atoms. The minimum Gasteiger partial charge on any atom is -0.398 e. The standard InChI is InChI=1S/C15H11N3O2S/c1-2-11-4-3-5-13(8-11)18-21(19,20)15-7-6-12(10-16)9-14(15)17/h1,3-9,18H,17H2. The van der Waals surface area contributed by atoms with E-state index in [1.54, 1.807) is 18.2 Å². The summed E-state index contributed by atoms with van der Waals surface area (Å²) >= 11 is 0. The summed E-state index contributed by atoms with van der Waals surface area (Å²) in [5.74, 6) is 2.42. The Balaban J connectivity index is 2.39. The van der Waals surface area contributed by atoms with E-state index in [1.165, 1.54) is 24.3 Å². The maximum Gasteiger partial charge on any atom is 0.263 e. The monoisotopic (exact) mass is 297 g/mol. The molecule has 0 fully saturated rings. The predicted molar refractivity (Wildman–Crippen MR) is 80.8 cm³/mol. The zero-order valence-electron chi connectivity index (χ0n) is 10.9. The number of nitriles is 1. The van der Waals surface area contributed by atoms with Gasteiger partial charge in [0.1, 0.15) is 4.90 Å². The SMILES string of the molecule is C#Cc1cccc(NS(=O)(=O)c2ccc(C#N)cc2N)c1. The topological polar surface area (TPSA) is 96.0 Å². The second-order valence-corrected chi connectivity index (χ2v) is 5.85. The molecule has 0 saturated heterocycles. The zero-order chi connectivity index (χ0) is 15.5. The molecule has 0 saturated carbocycles. The van der Waals surface area contributed by atoms with Crippen LogP contribution in [0.5, 0.6) is 0 Å². The second-order valence-electron chi connectivity index (χ2n) is 4.20. The number of nitrogens with zero attached hydrogens (tertiary/aromatic N) is 1. The molecule has 0 amide bonds. The lowest BCUT2D eigenvalue weighted by Gasteiger charge is -2.10. The number of benzene rings is 2. The molecule has 0 spiro atoms. The predicted octanol–water partition coefficient (Wildman–Crippen LogP) is 1.92. The van der Waals surface area contributed by atoms with Gasteiger partial charge in [-0.3, -0.25) is 4.72 Å². The third kappa shape index (κ3) is 3.14. The van der Waals surface area contributed by atoms with Crippen LogP contribution in [0.1, 0.15) is 11.1 Å². The van der Waals surface area contributed by atoms with Gasteiger partial charge in [0, 0.05) is 5.56 Å². The first kappa shape index (κ1) is 14.4. The highest BCUT2D eigenvalue weighted by atomic mass is 32.2. The van der Waals surface area contributed by atoms with Crippen molar-refractivity contribution in [3.63, 3.8) is 0 Å². The molecule has 0 aliphatic carbocycles. The van der Waals surface area contributed by atoms with E-state index in [1.807, 2.05) is 6.07 Å². The smallest absolute Gasteiger partial charge is 0.263 e. The highest BCUT2D eigenvalue weighted by Gasteiger charge is 2.18. The van der Waals surface area contributed by atoms with Crippen LogP contribution in [0.3, 0.4) is 0 Å². The minimum atomic E-state index is -3.85. The van der Waals surface area contributed by atoms with Crippen molar-refractivity contribution in [3.05, 3.63) is 53.6 Å². The van der Waals surface area contributed by atoms with E-state index in [4.69, 9.17) is 17.4 Å². The molecule has 6 heteroatoms. The fraction of sp³-hybridized carbons (Fsp3) is 0. The van der Waals surface area contributed by atoms with Gasteiger partial charge in [0.25, 0.3) is 10.0 Å². The quantitative estimate of drug-likeness (QED) is 0.668. The highest BCUT2D eigenvalue weighted by Crippen LogP contribution is 2.22. The number of hydrogen-bond acceptors (Lipinski definition) is 4. The fourth-order valence-corrected chi connectivity index (χ4v) is 2.91. The Hall–Kier alpha value is -2.96. The maximum atomic E-state index is 12.3. The Labute approximate surface area is 123 Å². The van der Waals surface area contributed by atoms with E-state index >= 15 is 0 Å². The second kappa shape index (κ2) is 5.58. The van der Waals surface area contributed by atoms with Crippen molar-refractivity contribution < 1.29 is 8.42 Å². The van der Waals surface area contributed by atoms with Crippen LogP contribution in [-0.4, -0.2) is 8.42 Å². The average Bonchev–Trinajstić information content (AvgIpc) is 2.46. The molecular weight excluding hydrogens is 286 g/mol. The van der Waals surface area contributed by atoms with Gasteiger partial charge in [0.05, 0.1) is 23.0 Å². The first-order chi connectivity index (χ1) is 9.96. The van der Waals surface area contributed by atoms with Crippen LogP contribution in [0.4, 0.5) is 11.4 Å². The third-order valence-corrected chi connectivity index (χ3v) is 4.17. The Morgan fingerprint density at radius 1 is 1.14 bits per heavy atom. The van der Waals surface area contributed by atoms with Crippen LogP contribution in [0.25, 0.3) is 0 Å². The number of sulfonamides is 1. The van der Waals surface area contributed by atoms with Gasteiger partial charge in [-0.1, -0.05) is 12.0 Å². The summed E-state index contributed by atoms with van der Waals surface area (Å²) < 4.78 is 27.0. The molecule has 0 radical (unpaired) electrons. The first-order valence-corrected chi connectivity index (χ1v) is 7.34. The van der Waals surface area contributed by atoms with Gasteiger partial charge in [-0.05, 0) is 36.4 Å². The molecule has 0 bridgehead atoms. The summed E-state index contributed by atoms with van der Waals surface area (Å²) in [7, 11) is -3.85. The molecular formula is C15H11N3O2S. The van der Waals surface area contributed by atoms with Crippen LogP contribution >= 0.6 is 0 Å². The average molecular weight is 297 g/mol. The van der Waals surface area contributed by atoms with E-state index in [0.717, 1.165) is 0 Å². The molecule has 2 aromatic rings. The van der Waals surface area contributed by atoms with Crippen molar-refractivity contribution in [2.24, 2.45) is 0 Å². The van der Waals surface area contributed by atoms with Crippen LogP contribution in [0.15, 0.2) is 47.4 Å². The molecule has 0 aliphatic rings. The van der Waals surface area contributed by atoms with Gasteiger partial charge in [0.2, 0.25) is 0 Å². The summed E-state index contributed by atoms with van der Waals surface area (Å²) in [5, 5.41) is 8.76. The Kier molecular flexibility index (Phi) is 3.84. The lowest BCUT2D eigenvalue weighted by Crippen LogP contribution is -2.15. The van der Waals surface area contributed by atoms with Gasteiger partial charge in [0.15, 0.2) is 0 Å². The zero-order valence-corrected chi connectivity index (χ0v) is 11.7. The number of nitrogen functional groups attached to an aromatic ring is 1. The fourth-order valence-electron chi connectivity index (χ4n) is 1.75. The Morgan fingerprint density at radius 3 is 2.52 bits per heavy atom. The van der Waals surface area contributed by atoms with Crippen molar-refractivity contribution in [3.8, 4) is 18.4 Å². The van der Waals surface area contributed by atoms with E-state index in [2.05, 4.69) is 10.6 Å². The number of nitrogens with one attached hydrogen (secondary N) is 1. The number of rotatable bonds is 3. The van der Waals surface area contributed by atoms with Gasteiger partial charge >= 0.3 is 0 Å². The van der Waals surface area contributed by atoms with E-state index in [9.17, 15) is 8.42 Å². The Morgan fingerprint density at radius 2 is 1.90 bits per heavy atom. The van der Waals surface area contributed by atoms with Crippen LogP contribution in [-0.2, 0) is 10.0 Å². The van der Waals surface area contributed by atoms with Crippen LogP contribution < -0.4 is 10.5 Å². The van der Waals surface area contributed by atoms with E-state index in [0.29, 0.717) is 16.8 Å². The molecule has 3 N–H and O–H groups in total. The summed E-state index contributed by atoms with van der Waals surface area (Å²) in [6, 6.07) is 12.3. The third-order valence-electron chi connectivity index (χ3n) is 2.71. The highest BCUT2D eigenvalue weighted by molar-refractivity contribution is 7.92. The molecule has 104 valence electrons. The first-order valence-electron chi connectivity index (χ1n) is 5.85. The number of nitrogens with two attached hydrogens (primary N) is 1. The maximum absolute atomic E-state index is 12.3. The van der Waals surface area contributed by atoms with Gasteiger partial charge in [-0.2, -0.15) is 5.26 Å². The van der Waals surface area contributed by atoms with Crippen LogP contribution in [0.2, 0.25) is 0 Å². The van der Waals surface area contributed by atoms with Crippen molar-refractivity contribution in [2.45, 2.75) is 4.90 Å². The van der Waals surface area contributed by atoms with Crippen molar-refractivity contribution >= 4 is 21.4 Å². The largest absolute Gasteiger partial charge is 0.398 e. The summed E-state index contributed by atoms with van der Waals surface area (Å²) in [5.41, 5.74) is 6.89. The number of terminal acetylenes is 1. The summed E-state index contributed by atoms with van der Waals surface area (Å²) in [6.07, 6.45) is 5.27. The van der Waals surface area contributed by atoms with Gasteiger partial charge < -0.3 is 5.73 Å². The molecule has 0 aliphatic heterocycles. The molecule has 2 rings (SSSR count). The van der Waals surface area contributed by atoms with Crippen LogP contribution in [0, 0.1) is 23.7 Å². The Bertz CT molecular complexity index is 875. The molecule has 5 nitrogen and oxygen atoms in total. The van der Waals surface area contributed by atoms with Gasteiger partial charge in [-0.25, -0.2) is 8.42 Å². The van der Waals surface area contributed by atoms with Crippen molar-refractivity contribution in [2.75, 3.05) is 10.5 Å². The molecule has 0 unspecified atom stereocenters. The number of anilines is 2. The van der Waals surface area contributed by atoms with E-state index in [-0.39, 0.29) is 10.6 Å². The minimum absolute atomic E-state index is 0.00894. The number of hydrogen-bond donors (Lipinski definition) is 2.